The van der Waals surface area contributed by atoms with Crippen LogP contribution in [0.25, 0.3) is 0 Å². The third-order valence-electron chi connectivity index (χ3n) is 4.94. The zero-order valence-corrected chi connectivity index (χ0v) is 16.8. The molecule has 0 radical (unpaired) electrons. The quantitative estimate of drug-likeness (QED) is 0.667. The fraction of sp³-hybridized carbons (Fsp3) is 0.238. The second kappa shape index (κ2) is 7.52. The summed E-state index contributed by atoms with van der Waals surface area (Å²) in [5.41, 5.74) is 2.92. The predicted molar refractivity (Wildman–Crippen MR) is 113 cm³/mol. The van der Waals surface area contributed by atoms with E-state index in [4.69, 9.17) is 21.7 Å². The Bertz CT molecular complexity index is 989. The number of pyridine rings is 1. The number of aromatic nitrogens is 2. The summed E-state index contributed by atoms with van der Waals surface area (Å²) in [7, 11) is 5.32. The van der Waals surface area contributed by atoms with Crippen LogP contribution >= 0.6 is 12.2 Å². The molecule has 144 valence electrons. The molecule has 6 nitrogen and oxygen atoms in total. The Kier molecular flexibility index (Phi) is 4.92. The molecule has 2 aromatic heterocycles. The Balaban J connectivity index is 1.87. The molecule has 2 atom stereocenters. The van der Waals surface area contributed by atoms with Gasteiger partial charge >= 0.3 is 0 Å². The van der Waals surface area contributed by atoms with Crippen molar-refractivity contribution in [3.63, 3.8) is 0 Å². The molecule has 1 saturated heterocycles. The molecule has 3 heterocycles. The van der Waals surface area contributed by atoms with Gasteiger partial charge in [0.25, 0.3) is 0 Å². The third-order valence-corrected chi connectivity index (χ3v) is 5.25. The van der Waals surface area contributed by atoms with Gasteiger partial charge in [0, 0.05) is 31.7 Å². The Morgan fingerprint density at radius 3 is 2.61 bits per heavy atom. The average molecular weight is 395 g/mol. The van der Waals surface area contributed by atoms with Crippen LogP contribution in [-0.4, -0.2) is 28.9 Å². The maximum absolute atomic E-state index is 5.75. The normalized spacial score (nSPS) is 18.8. The van der Waals surface area contributed by atoms with Crippen molar-refractivity contribution in [3.8, 4) is 11.5 Å². The molecular weight excluding hydrogens is 372 g/mol. The highest BCUT2D eigenvalue weighted by Crippen LogP contribution is 2.45. The molecule has 0 amide bonds. The van der Waals surface area contributed by atoms with Crippen LogP contribution < -0.4 is 19.7 Å². The fourth-order valence-corrected chi connectivity index (χ4v) is 3.98. The lowest BCUT2D eigenvalue weighted by Crippen LogP contribution is -2.29. The average Bonchev–Trinajstić information content (AvgIpc) is 3.30. The molecule has 1 aromatic carbocycles. The Morgan fingerprint density at radius 2 is 1.96 bits per heavy atom. The summed E-state index contributed by atoms with van der Waals surface area (Å²) in [5.74, 6) is 1.47. The molecule has 1 fully saturated rings. The number of rotatable bonds is 5. The first-order valence-corrected chi connectivity index (χ1v) is 9.37. The van der Waals surface area contributed by atoms with Gasteiger partial charge in [-0.25, -0.2) is 0 Å². The summed E-state index contributed by atoms with van der Waals surface area (Å²) in [6, 6.07) is 13.6. The van der Waals surface area contributed by atoms with Gasteiger partial charge in [0.05, 0.1) is 37.7 Å². The predicted octanol–water partition coefficient (Wildman–Crippen LogP) is 3.61. The molecule has 28 heavy (non-hydrogen) atoms. The summed E-state index contributed by atoms with van der Waals surface area (Å²) in [6.45, 7) is 0. The van der Waals surface area contributed by atoms with E-state index in [1.165, 1.54) is 0 Å². The molecule has 0 saturated carbocycles. The van der Waals surface area contributed by atoms with E-state index in [0.717, 1.165) is 28.4 Å². The molecule has 0 aliphatic carbocycles. The van der Waals surface area contributed by atoms with E-state index >= 15 is 0 Å². The Labute approximate surface area is 169 Å². The number of methoxy groups -OCH3 is 2. The molecule has 1 N–H and O–H groups in total. The molecule has 2 unspecified atom stereocenters. The lowest BCUT2D eigenvalue weighted by molar-refractivity contribution is 0.403. The first kappa shape index (κ1) is 18.3. The van der Waals surface area contributed by atoms with Crippen molar-refractivity contribution < 1.29 is 9.47 Å². The summed E-state index contributed by atoms with van der Waals surface area (Å²) in [4.78, 5) is 6.66. The summed E-state index contributed by atoms with van der Waals surface area (Å²) in [6.07, 6.45) is 5.94. The van der Waals surface area contributed by atoms with Gasteiger partial charge in [0.15, 0.2) is 5.11 Å². The van der Waals surface area contributed by atoms with Crippen LogP contribution in [0.4, 0.5) is 5.69 Å². The fourth-order valence-electron chi connectivity index (χ4n) is 3.64. The first-order valence-electron chi connectivity index (χ1n) is 8.97. The number of benzene rings is 1. The smallest absolute Gasteiger partial charge is 0.174 e. The van der Waals surface area contributed by atoms with Gasteiger partial charge in [0.1, 0.15) is 11.5 Å². The van der Waals surface area contributed by atoms with E-state index < -0.39 is 0 Å². The highest BCUT2D eigenvalue weighted by molar-refractivity contribution is 7.80. The van der Waals surface area contributed by atoms with Crippen LogP contribution in [0.3, 0.4) is 0 Å². The van der Waals surface area contributed by atoms with Gasteiger partial charge < -0.3 is 24.3 Å². The molecule has 3 aromatic rings. The van der Waals surface area contributed by atoms with Crippen molar-refractivity contribution >= 4 is 23.0 Å². The van der Waals surface area contributed by atoms with Gasteiger partial charge in [-0.05, 0) is 48.1 Å². The molecule has 0 spiro atoms. The zero-order valence-electron chi connectivity index (χ0n) is 16.0. The van der Waals surface area contributed by atoms with Crippen molar-refractivity contribution in [1.82, 2.24) is 14.9 Å². The van der Waals surface area contributed by atoms with Crippen LogP contribution in [0.2, 0.25) is 0 Å². The number of ether oxygens (including phenoxy) is 2. The zero-order chi connectivity index (χ0) is 19.7. The van der Waals surface area contributed by atoms with Gasteiger partial charge in [-0.3, -0.25) is 4.98 Å². The molecular formula is C21H22N4O2S. The summed E-state index contributed by atoms with van der Waals surface area (Å²) >= 11 is 5.75. The number of thiocarbonyl (C=S) groups is 1. The highest BCUT2D eigenvalue weighted by Gasteiger charge is 2.42. The minimum atomic E-state index is -0.0907. The monoisotopic (exact) mass is 394 g/mol. The highest BCUT2D eigenvalue weighted by atomic mass is 32.1. The van der Waals surface area contributed by atoms with E-state index in [9.17, 15) is 0 Å². The van der Waals surface area contributed by atoms with Crippen molar-refractivity contribution in [2.75, 3.05) is 19.1 Å². The van der Waals surface area contributed by atoms with Gasteiger partial charge in [-0.15, -0.1) is 0 Å². The van der Waals surface area contributed by atoms with E-state index in [2.05, 4.69) is 27.5 Å². The van der Waals surface area contributed by atoms with Gasteiger partial charge in [0.2, 0.25) is 0 Å². The molecule has 4 rings (SSSR count). The van der Waals surface area contributed by atoms with Crippen LogP contribution in [-0.2, 0) is 7.05 Å². The number of anilines is 1. The summed E-state index contributed by atoms with van der Waals surface area (Å²) < 4.78 is 13.1. The van der Waals surface area contributed by atoms with Crippen LogP contribution in [0, 0.1) is 0 Å². The van der Waals surface area contributed by atoms with Crippen LogP contribution in [0.1, 0.15) is 23.3 Å². The lowest BCUT2D eigenvalue weighted by atomic mass is 9.98. The SMILES string of the molecule is COc1ccc(OC)c(N2C(=S)NC(c3ccccn3)C2c2ccn(C)c2)c1. The summed E-state index contributed by atoms with van der Waals surface area (Å²) in [5, 5.41) is 4.08. The number of hydrogen-bond acceptors (Lipinski definition) is 4. The van der Waals surface area contributed by atoms with Crippen molar-refractivity contribution in [1.29, 1.82) is 0 Å². The van der Waals surface area contributed by atoms with Crippen molar-refractivity contribution in [3.05, 3.63) is 72.3 Å². The largest absolute Gasteiger partial charge is 0.497 e. The topological polar surface area (TPSA) is 51.6 Å². The Hall–Kier alpha value is -3.06. The number of hydrogen-bond donors (Lipinski definition) is 1. The number of aryl methyl sites for hydroxylation is 1. The second-order valence-corrected chi connectivity index (χ2v) is 7.03. The minimum Gasteiger partial charge on any atom is -0.497 e. The molecule has 0 bridgehead atoms. The molecule has 1 aliphatic heterocycles. The standard InChI is InChI=1S/C21H22N4O2S/c1-24-11-9-14(13-24)20-19(16-6-4-5-10-22-16)23-21(28)25(20)17-12-15(26-2)7-8-18(17)27-3/h4-13,19-20H,1-3H3,(H,23,28). The first-order chi connectivity index (χ1) is 13.6. The van der Waals surface area contributed by atoms with Crippen LogP contribution in [0.5, 0.6) is 11.5 Å². The van der Waals surface area contributed by atoms with E-state index in [1.54, 1.807) is 20.4 Å². The van der Waals surface area contributed by atoms with Crippen molar-refractivity contribution in [2.45, 2.75) is 12.1 Å². The maximum atomic E-state index is 5.75. The molecule has 7 heteroatoms. The lowest BCUT2D eigenvalue weighted by Gasteiger charge is -2.28. The van der Waals surface area contributed by atoms with Gasteiger partial charge in [-0.1, -0.05) is 6.07 Å². The van der Waals surface area contributed by atoms with E-state index in [0.29, 0.717) is 5.11 Å². The van der Waals surface area contributed by atoms with Gasteiger partial charge in [-0.2, -0.15) is 0 Å². The Morgan fingerprint density at radius 1 is 1.11 bits per heavy atom. The minimum absolute atomic E-state index is 0.0791. The van der Waals surface area contributed by atoms with Crippen molar-refractivity contribution in [2.24, 2.45) is 7.05 Å². The second-order valence-electron chi connectivity index (χ2n) is 6.64. The third kappa shape index (κ3) is 3.18. The number of nitrogens with one attached hydrogen (secondary N) is 1. The van der Waals surface area contributed by atoms with Crippen LogP contribution in [0.15, 0.2) is 61.1 Å². The van der Waals surface area contributed by atoms with E-state index in [-0.39, 0.29) is 12.1 Å². The molecule has 1 aliphatic rings. The maximum Gasteiger partial charge on any atom is 0.174 e. The number of nitrogens with zero attached hydrogens (tertiary/aromatic N) is 3. The van der Waals surface area contributed by atoms with E-state index in [1.807, 2.05) is 54.2 Å².